The Bertz CT molecular complexity index is 328. The van der Waals surface area contributed by atoms with Crippen molar-refractivity contribution in [1.82, 2.24) is 5.32 Å². The molecule has 0 radical (unpaired) electrons. The molecule has 0 spiro atoms. The lowest BCUT2D eigenvalue weighted by Crippen LogP contribution is -2.51. The normalized spacial score (nSPS) is 25.7. The number of nitrogens with one attached hydrogen (secondary N) is 1. The lowest BCUT2D eigenvalue weighted by atomic mass is 9.79. The average molecular weight is 254 g/mol. The van der Waals surface area contributed by atoms with Crippen LogP contribution in [0.3, 0.4) is 0 Å². The molecule has 0 atom stereocenters. The summed E-state index contributed by atoms with van der Waals surface area (Å²) in [6.07, 6.45) is 8.29. The fourth-order valence-electron chi connectivity index (χ4n) is 2.62. The molecule has 1 amide bonds. The maximum absolute atomic E-state index is 12.5. The Morgan fingerprint density at radius 2 is 1.65 bits per heavy atom. The molecule has 96 valence electrons. The number of nitrogens with two attached hydrogens (primary N) is 1. The molecule has 3 N–H and O–H groups in total. The highest BCUT2D eigenvalue weighted by Gasteiger charge is 2.47. The summed E-state index contributed by atoms with van der Waals surface area (Å²) in [4.78, 5) is 12.9. The Morgan fingerprint density at radius 3 is 2.06 bits per heavy atom. The van der Waals surface area contributed by atoms with E-state index < -0.39 is 5.41 Å². The molecule has 3 nitrogen and oxygen atoms in total. The zero-order valence-electron chi connectivity index (χ0n) is 10.6. The van der Waals surface area contributed by atoms with Gasteiger partial charge in [0.2, 0.25) is 5.91 Å². The van der Waals surface area contributed by atoms with E-state index in [1.165, 1.54) is 12.8 Å². The van der Waals surface area contributed by atoms with Crippen molar-refractivity contribution in [1.29, 1.82) is 0 Å². The predicted octanol–water partition coefficient (Wildman–Crippen LogP) is 2.28. The minimum Gasteiger partial charge on any atom is -0.392 e. The molecular formula is C13H22N2OS. The molecule has 0 bridgehead atoms. The Balaban J connectivity index is 2.14. The number of thiocarbonyl (C=S) groups is 1. The van der Waals surface area contributed by atoms with E-state index in [4.69, 9.17) is 18.0 Å². The highest BCUT2D eigenvalue weighted by molar-refractivity contribution is 7.80. The summed E-state index contributed by atoms with van der Waals surface area (Å²) in [6.45, 7) is 2.09. The van der Waals surface area contributed by atoms with E-state index in [9.17, 15) is 4.79 Å². The van der Waals surface area contributed by atoms with Gasteiger partial charge in [-0.05, 0) is 32.6 Å². The Labute approximate surface area is 109 Å². The fraction of sp³-hybridized carbons (Fsp3) is 0.846. The Hall–Kier alpha value is -0.640. The Morgan fingerprint density at radius 1 is 1.12 bits per heavy atom. The fourth-order valence-corrected chi connectivity index (χ4v) is 2.92. The second-order valence-corrected chi connectivity index (χ2v) is 6.32. The average Bonchev–Trinajstić information content (AvgIpc) is 3.01. The number of hydrogen-bond donors (Lipinski definition) is 2. The molecule has 0 heterocycles. The van der Waals surface area contributed by atoms with Crippen LogP contribution in [0, 0.1) is 5.41 Å². The molecule has 0 aliphatic heterocycles. The van der Waals surface area contributed by atoms with Crippen molar-refractivity contribution in [2.24, 2.45) is 11.1 Å². The van der Waals surface area contributed by atoms with E-state index in [0.29, 0.717) is 4.99 Å². The zero-order chi connectivity index (χ0) is 12.5. The summed E-state index contributed by atoms with van der Waals surface area (Å²) in [5, 5.41) is 3.14. The van der Waals surface area contributed by atoms with Gasteiger partial charge in [0.25, 0.3) is 0 Å². The highest BCUT2D eigenvalue weighted by Crippen LogP contribution is 2.40. The first-order valence-corrected chi connectivity index (χ1v) is 7.02. The molecule has 2 fully saturated rings. The lowest BCUT2D eigenvalue weighted by Gasteiger charge is -2.31. The summed E-state index contributed by atoms with van der Waals surface area (Å²) in [6, 6.07) is 0. The van der Waals surface area contributed by atoms with Crippen LogP contribution in [0.4, 0.5) is 0 Å². The number of hydrogen-bond acceptors (Lipinski definition) is 2. The van der Waals surface area contributed by atoms with E-state index in [0.717, 1.165) is 38.5 Å². The number of amides is 1. The van der Waals surface area contributed by atoms with E-state index in [1.807, 2.05) is 0 Å². The van der Waals surface area contributed by atoms with Crippen molar-refractivity contribution in [2.45, 2.75) is 63.8 Å². The quantitative estimate of drug-likeness (QED) is 0.600. The van der Waals surface area contributed by atoms with Gasteiger partial charge >= 0.3 is 0 Å². The summed E-state index contributed by atoms with van der Waals surface area (Å²) >= 11 is 5.19. The van der Waals surface area contributed by atoms with Crippen LogP contribution in [0.2, 0.25) is 0 Å². The van der Waals surface area contributed by atoms with Crippen LogP contribution in [-0.2, 0) is 4.79 Å². The minimum absolute atomic E-state index is 0.0151. The molecular weight excluding hydrogens is 232 g/mol. The first kappa shape index (κ1) is 12.8. The van der Waals surface area contributed by atoms with Crippen molar-refractivity contribution in [3.05, 3.63) is 0 Å². The van der Waals surface area contributed by atoms with E-state index in [2.05, 4.69) is 12.2 Å². The lowest BCUT2D eigenvalue weighted by molar-refractivity contribution is -0.129. The monoisotopic (exact) mass is 254 g/mol. The van der Waals surface area contributed by atoms with Crippen LogP contribution in [-0.4, -0.2) is 16.4 Å². The molecule has 2 aliphatic carbocycles. The second kappa shape index (κ2) is 4.56. The van der Waals surface area contributed by atoms with Gasteiger partial charge in [0.05, 0.1) is 10.4 Å². The summed E-state index contributed by atoms with van der Waals surface area (Å²) < 4.78 is 0. The zero-order valence-corrected chi connectivity index (χ0v) is 11.4. The molecule has 0 aromatic carbocycles. The predicted molar refractivity (Wildman–Crippen MR) is 72.7 cm³/mol. The number of carbonyl (C=O) groups excluding carboxylic acids is 1. The van der Waals surface area contributed by atoms with Gasteiger partial charge in [0, 0.05) is 5.54 Å². The molecule has 2 saturated carbocycles. The molecule has 4 heteroatoms. The van der Waals surface area contributed by atoms with Gasteiger partial charge in [-0.2, -0.15) is 0 Å². The second-order valence-electron chi connectivity index (χ2n) is 5.88. The highest BCUT2D eigenvalue weighted by atomic mass is 32.1. The van der Waals surface area contributed by atoms with Gasteiger partial charge < -0.3 is 11.1 Å². The van der Waals surface area contributed by atoms with E-state index >= 15 is 0 Å². The van der Waals surface area contributed by atoms with Crippen molar-refractivity contribution in [2.75, 3.05) is 0 Å². The van der Waals surface area contributed by atoms with Crippen LogP contribution >= 0.6 is 12.2 Å². The molecule has 0 aromatic heterocycles. The van der Waals surface area contributed by atoms with Gasteiger partial charge in [-0.25, -0.2) is 0 Å². The molecule has 0 aromatic rings. The van der Waals surface area contributed by atoms with E-state index in [-0.39, 0.29) is 11.4 Å². The van der Waals surface area contributed by atoms with Gasteiger partial charge in [0.1, 0.15) is 0 Å². The van der Waals surface area contributed by atoms with Crippen LogP contribution in [0.5, 0.6) is 0 Å². The first-order chi connectivity index (χ1) is 7.99. The third kappa shape index (κ3) is 2.62. The maximum atomic E-state index is 12.5. The molecule has 2 aliphatic rings. The number of carbonyl (C=O) groups is 1. The van der Waals surface area contributed by atoms with Gasteiger partial charge in [0.15, 0.2) is 0 Å². The van der Waals surface area contributed by atoms with Gasteiger partial charge in [-0.1, -0.05) is 37.9 Å². The molecule has 17 heavy (non-hydrogen) atoms. The maximum Gasteiger partial charge on any atom is 0.233 e. The van der Waals surface area contributed by atoms with Crippen molar-refractivity contribution in [3.63, 3.8) is 0 Å². The molecule has 2 rings (SSSR count). The van der Waals surface area contributed by atoms with Gasteiger partial charge in [-0.15, -0.1) is 0 Å². The first-order valence-electron chi connectivity index (χ1n) is 6.61. The summed E-state index contributed by atoms with van der Waals surface area (Å²) in [5.41, 5.74) is 5.33. The van der Waals surface area contributed by atoms with Crippen molar-refractivity contribution >= 4 is 23.1 Å². The Kier molecular flexibility index (Phi) is 3.43. The van der Waals surface area contributed by atoms with Crippen LogP contribution in [0.1, 0.15) is 58.3 Å². The summed E-state index contributed by atoms with van der Waals surface area (Å²) in [7, 11) is 0. The minimum atomic E-state index is -0.572. The standard InChI is InChI=1S/C13H22N2OS/c1-12(8-9-12)15-11(16)13(10(14)17)6-4-2-3-5-7-13/h2-9H2,1H3,(H2,14,17)(H,15,16). The van der Waals surface area contributed by atoms with Crippen molar-refractivity contribution in [3.8, 4) is 0 Å². The smallest absolute Gasteiger partial charge is 0.233 e. The SMILES string of the molecule is CC1(NC(=O)C2(C(N)=S)CCCCCC2)CC1. The van der Waals surface area contributed by atoms with Crippen LogP contribution in [0.25, 0.3) is 0 Å². The largest absolute Gasteiger partial charge is 0.392 e. The van der Waals surface area contributed by atoms with Crippen LogP contribution < -0.4 is 11.1 Å². The topological polar surface area (TPSA) is 55.1 Å². The molecule has 0 saturated heterocycles. The van der Waals surface area contributed by atoms with Crippen LogP contribution in [0.15, 0.2) is 0 Å². The third-order valence-corrected chi connectivity index (χ3v) is 4.67. The summed E-state index contributed by atoms with van der Waals surface area (Å²) in [5.74, 6) is 0.0758. The van der Waals surface area contributed by atoms with Crippen molar-refractivity contribution < 1.29 is 4.79 Å². The molecule has 0 unspecified atom stereocenters. The van der Waals surface area contributed by atoms with Gasteiger partial charge in [-0.3, -0.25) is 4.79 Å². The third-order valence-electron chi connectivity index (χ3n) is 4.28. The number of rotatable bonds is 3. The van der Waals surface area contributed by atoms with E-state index in [1.54, 1.807) is 0 Å².